The largest absolute Gasteiger partial charge is 0.426 e. The molecule has 2 unspecified atom stereocenters. The molecular weight excluding hydrogens is 412 g/mol. The number of amides is 1. The molecule has 1 saturated heterocycles. The lowest BCUT2D eigenvalue weighted by Crippen LogP contribution is -2.68. The molecule has 2 aliphatic rings. The number of hydrogen-bond acceptors (Lipinski definition) is 11. The van der Waals surface area contributed by atoms with Crippen molar-refractivity contribution in [3.8, 4) is 0 Å². The lowest BCUT2D eigenvalue weighted by atomic mass is 10.0. The molecular formula is C15H16N4O5S3. The van der Waals surface area contributed by atoms with E-state index in [-0.39, 0.29) is 11.1 Å². The zero-order valence-electron chi connectivity index (χ0n) is 14.6. The van der Waals surface area contributed by atoms with Crippen LogP contribution in [0.5, 0.6) is 0 Å². The highest BCUT2D eigenvalue weighted by Crippen LogP contribution is 2.41. The van der Waals surface area contributed by atoms with Crippen molar-refractivity contribution in [2.75, 3.05) is 5.75 Å². The number of ether oxygens (including phenoxy) is 2. The van der Waals surface area contributed by atoms with Crippen LogP contribution in [0.2, 0.25) is 0 Å². The minimum Gasteiger partial charge on any atom is -0.426 e. The quantitative estimate of drug-likeness (QED) is 0.233. The van der Waals surface area contributed by atoms with E-state index in [1.54, 1.807) is 6.92 Å². The van der Waals surface area contributed by atoms with Gasteiger partial charge in [-0.3, -0.25) is 14.5 Å². The smallest absolute Gasteiger partial charge is 0.358 e. The van der Waals surface area contributed by atoms with Gasteiger partial charge in [0.1, 0.15) is 22.1 Å². The SMILES string of the molecule is CC(=O)OC(C)OC(=O)C1=C(C(=S)c2nnc(C)s2)CS[C@H]2C(N)C(=O)N12. The van der Waals surface area contributed by atoms with Gasteiger partial charge in [-0.15, -0.1) is 22.0 Å². The highest BCUT2D eigenvalue weighted by molar-refractivity contribution is 8.00. The average Bonchev–Trinajstić information content (AvgIpc) is 3.04. The van der Waals surface area contributed by atoms with E-state index in [2.05, 4.69) is 10.2 Å². The molecule has 0 aliphatic carbocycles. The maximum atomic E-state index is 12.8. The summed E-state index contributed by atoms with van der Waals surface area (Å²) in [5, 5.41) is 8.79. The van der Waals surface area contributed by atoms with Crippen LogP contribution in [0.1, 0.15) is 23.9 Å². The molecule has 0 saturated carbocycles. The van der Waals surface area contributed by atoms with Gasteiger partial charge in [-0.25, -0.2) is 4.79 Å². The summed E-state index contributed by atoms with van der Waals surface area (Å²) >= 11 is 8.19. The number of β-lactam (4-membered cyclic amide) rings is 1. The van der Waals surface area contributed by atoms with Crippen molar-refractivity contribution in [1.82, 2.24) is 15.1 Å². The van der Waals surface area contributed by atoms with E-state index in [0.717, 1.165) is 5.01 Å². The number of nitrogens with two attached hydrogens (primary N) is 1. The van der Waals surface area contributed by atoms with Crippen molar-refractivity contribution in [3.63, 3.8) is 0 Å². The Bertz CT molecular complexity index is 867. The van der Waals surface area contributed by atoms with Gasteiger partial charge in [-0.2, -0.15) is 0 Å². The van der Waals surface area contributed by atoms with Gasteiger partial charge in [0.2, 0.25) is 12.2 Å². The summed E-state index contributed by atoms with van der Waals surface area (Å²) in [4.78, 5) is 37.7. The minimum atomic E-state index is -1.11. The number of hydrogen-bond donors (Lipinski definition) is 1. The third kappa shape index (κ3) is 3.74. The second-order valence-corrected chi connectivity index (χ2v) is 8.50. The van der Waals surface area contributed by atoms with Gasteiger partial charge in [-0.05, 0) is 6.92 Å². The summed E-state index contributed by atoms with van der Waals surface area (Å²) in [6, 6.07) is -0.692. The molecule has 9 nitrogen and oxygen atoms in total. The van der Waals surface area contributed by atoms with E-state index in [0.29, 0.717) is 21.2 Å². The molecule has 2 aliphatic heterocycles. The molecule has 0 spiro atoms. The molecule has 1 aromatic heterocycles. The molecule has 1 fully saturated rings. The van der Waals surface area contributed by atoms with Crippen molar-refractivity contribution in [2.24, 2.45) is 5.73 Å². The van der Waals surface area contributed by atoms with Crippen molar-refractivity contribution in [2.45, 2.75) is 38.5 Å². The highest BCUT2D eigenvalue weighted by Gasteiger charge is 2.52. The second-order valence-electron chi connectivity index (χ2n) is 5.80. The van der Waals surface area contributed by atoms with E-state index < -0.39 is 30.2 Å². The Kier molecular flexibility index (Phi) is 5.60. The summed E-state index contributed by atoms with van der Waals surface area (Å²) in [6.45, 7) is 4.40. The fraction of sp³-hybridized carbons (Fsp3) is 0.467. The molecule has 144 valence electrons. The number of carbonyl (C=O) groups is 3. The van der Waals surface area contributed by atoms with Crippen molar-refractivity contribution in [1.29, 1.82) is 0 Å². The van der Waals surface area contributed by atoms with Gasteiger partial charge in [0, 0.05) is 25.2 Å². The van der Waals surface area contributed by atoms with E-state index in [1.807, 2.05) is 0 Å². The number of aryl methyl sites for hydroxylation is 1. The van der Waals surface area contributed by atoms with Gasteiger partial charge in [0.05, 0.1) is 4.86 Å². The first-order valence-electron chi connectivity index (χ1n) is 7.87. The van der Waals surface area contributed by atoms with Gasteiger partial charge < -0.3 is 15.2 Å². The number of thiocarbonyl (C=S) groups is 1. The monoisotopic (exact) mass is 428 g/mol. The molecule has 27 heavy (non-hydrogen) atoms. The van der Waals surface area contributed by atoms with Crippen LogP contribution in [0, 0.1) is 6.92 Å². The fourth-order valence-electron chi connectivity index (χ4n) is 2.66. The number of nitrogens with zero attached hydrogens (tertiary/aromatic N) is 3. The topological polar surface area (TPSA) is 125 Å². The first-order valence-corrected chi connectivity index (χ1v) is 10.1. The number of carbonyl (C=O) groups excluding carboxylic acids is 3. The Balaban J connectivity index is 1.96. The summed E-state index contributed by atoms with van der Waals surface area (Å²) in [6.07, 6.45) is -1.11. The number of aromatic nitrogens is 2. The van der Waals surface area contributed by atoms with Gasteiger partial charge in [-0.1, -0.05) is 23.6 Å². The molecule has 3 heterocycles. The lowest BCUT2D eigenvalue weighted by molar-refractivity contribution is -0.182. The Morgan fingerprint density at radius 2 is 2.07 bits per heavy atom. The number of esters is 2. The van der Waals surface area contributed by atoms with Crippen LogP contribution in [-0.2, 0) is 23.9 Å². The number of fused-ring (bicyclic) bond motifs is 1. The number of thioether (sulfide) groups is 1. The molecule has 0 radical (unpaired) electrons. The van der Waals surface area contributed by atoms with Crippen molar-refractivity contribution >= 4 is 58.0 Å². The van der Waals surface area contributed by atoms with Gasteiger partial charge >= 0.3 is 11.9 Å². The predicted molar refractivity (Wildman–Crippen MR) is 102 cm³/mol. The maximum absolute atomic E-state index is 12.8. The van der Waals surface area contributed by atoms with Gasteiger partial charge in [0.15, 0.2) is 5.01 Å². The van der Waals surface area contributed by atoms with Crippen LogP contribution in [-0.4, -0.2) is 61.3 Å². The molecule has 12 heteroatoms. The van der Waals surface area contributed by atoms with Crippen LogP contribution in [0.4, 0.5) is 0 Å². The second kappa shape index (κ2) is 7.62. The first-order chi connectivity index (χ1) is 12.7. The van der Waals surface area contributed by atoms with Crippen LogP contribution >= 0.6 is 35.3 Å². The third-order valence-electron chi connectivity index (χ3n) is 3.80. The minimum absolute atomic E-state index is 0.0160. The Morgan fingerprint density at radius 3 is 2.67 bits per heavy atom. The predicted octanol–water partition coefficient (Wildman–Crippen LogP) is 0.513. The molecule has 0 aromatic carbocycles. The lowest BCUT2D eigenvalue weighted by Gasteiger charge is -2.48. The summed E-state index contributed by atoms with van der Waals surface area (Å²) in [7, 11) is 0. The molecule has 1 aromatic rings. The van der Waals surface area contributed by atoms with Crippen molar-refractivity contribution in [3.05, 3.63) is 21.3 Å². The maximum Gasteiger partial charge on any atom is 0.358 e. The van der Waals surface area contributed by atoms with E-state index in [4.69, 9.17) is 27.4 Å². The summed E-state index contributed by atoms with van der Waals surface area (Å²) < 4.78 is 10.0. The Hall–Kier alpha value is -1.89. The third-order valence-corrected chi connectivity index (χ3v) is 6.53. The zero-order valence-corrected chi connectivity index (χ0v) is 17.1. The van der Waals surface area contributed by atoms with Crippen LogP contribution < -0.4 is 5.73 Å². The van der Waals surface area contributed by atoms with Crippen LogP contribution in [0.3, 0.4) is 0 Å². The van der Waals surface area contributed by atoms with E-state index in [9.17, 15) is 14.4 Å². The Morgan fingerprint density at radius 1 is 1.37 bits per heavy atom. The highest BCUT2D eigenvalue weighted by atomic mass is 32.2. The molecule has 3 rings (SSSR count). The molecule has 3 atom stereocenters. The standard InChI is InChI=1S/C15H16N4O5S3/c1-5-17-18-12(27-5)11(25)8-4-26-14-9(16)13(21)19(14)10(8)15(22)24-7(3)23-6(2)20/h7,9,14H,4,16H2,1-3H3/t7?,9?,14-/m0/s1. The average molecular weight is 429 g/mol. The Labute approximate surface area is 168 Å². The van der Waals surface area contributed by atoms with E-state index in [1.165, 1.54) is 41.8 Å². The number of rotatable bonds is 5. The summed E-state index contributed by atoms with van der Waals surface area (Å²) in [5.41, 5.74) is 6.30. The normalized spacial score (nSPS) is 22.7. The van der Waals surface area contributed by atoms with Crippen molar-refractivity contribution < 1.29 is 23.9 Å². The molecule has 0 bridgehead atoms. The van der Waals surface area contributed by atoms with E-state index >= 15 is 0 Å². The van der Waals surface area contributed by atoms with Gasteiger partial charge in [0.25, 0.3) is 0 Å². The van der Waals surface area contributed by atoms with Crippen LogP contribution in [0.25, 0.3) is 0 Å². The molecule has 1 amide bonds. The summed E-state index contributed by atoms with van der Waals surface area (Å²) in [5.74, 6) is -1.43. The zero-order chi connectivity index (χ0) is 19.9. The first kappa shape index (κ1) is 19.9. The van der Waals surface area contributed by atoms with Crippen LogP contribution in [0.15, 0.2) is 11.3 Å². The fourth-order valence-corrected chi connectivity index (χ4v) is 5.05. The molecule has 2 N–H and O–H groups in total.